The zero-order valence-corrected chi connectivity index (χ0v) is 10.4. The molecule has 0 bridgehead atoms. The summed E-state index contributed by atoms with van der Waals surface area (Å²) in [5.74, 6) is 1.36. The molecule has 1 aromatic rings. The van der Waals surface area contributed by atoms with Crippen molar-refractivity contribution in [3.63, 3.8) is 0 Å². The summed E-state index contributed by atoms with van der Waals surface area (Å²) in [5.41, 5.74) is 0.448. The monoisotopic (exact) mass is 254 g/mol. The molecule has 6 heteroatoms. The first-order valence-corrected chi connectivity index (χ1v) is 6.33. The van der Waals surface area contributed by atoms with Gasteiger partial charge in [0, 0.05) is 25.7 Å². The van der Waals surface area contributed by atoms with E-state index < -0.39 is 0 Å². The van der Waals surface area contributed by atoms with Crippen molar-refractivity contribution in [2.45, 2.75) is 19.5 Å². The van der Waals surface area contributed by atoms with E-state index in [2.05, 4.69) is 15.7 Å². The average Bonchev–Trinajstić information content (AvgIpc) is 2.76. The van der Waals surface area contributed by atoms with E-state index >= 15 is 0 Å². The molecule has 2 N–H and O–H groups in total. The van der Waals surface area contributed by atoms with Gasteiger partial charge in [-0.3, -0.25) is 4.79 Å². The van der Waals surface area contributed by atoms with Gasteiger partial charge < -0.3 is 10.6 Å². The standard InChI is InChI=1S/C11H15ClN4O/c1-2-16-11(17)9(12)8(5-14-16)15-10-6-3-13-4-7(6)10/h5-7,10,13,15H,2-4H2,1H3. The van der Waals surface area contributed by atoms with Crippen molar-refractivity contribution in [3.8, 4) is 0 Å². The highest BCUT2D eigenvalue weighted by molar-refractivity contribution is 6.32. The number of rotatable bonds is 3. The molecule has 3 rings (SSSR count). The Bertz CT molecular complexity index is 491. The summed E-state index contributed by atoms with van der Waals surface area (Å²) in [4.78, 5) is 11.8. The number of aromatic nitrogens is 2. The predicted molar refractivity (Wildman–Crippen MR) is 66.4 cm³/mol. The highest BCUT2D eigenvalue weighted by atomic mass is 35.5. The first-order chi connectivity index (χ1) is 8.22. The van der Waals surface area contributed by atoms with Crippen LogP contribution in [0.25, 0.3) is 0 Å². The summed E-state index contributed by atoms with van der Waals surface area (Å²) >= 11 is 6.05. The van der Waals surface area contributed by atoms with Crippen molar-refractivity contribution >= 4 is 17.3 Å². The number of piperidine rings is 1. The minimum Gasteiger partial charge on any atom is -0.379 e. The summed E-state index contributed by atoms with van der Waals surface area (Å²) < 4.78 is 1.36. The summed E-state index contributed by atoms with van der Waals surface area (Å²) in [6.45, 7) is 4.52. The van der Waals surface area contributed by atoms with Gasteiger partial charge in [0.05, 0.1) is 11.9 Å². The third kappa shape index (κ3) is 1.73. The summed E-state index contributed by atoms with van der Waals surface area (Å²) in [6, 6.07) is 0.451. The molecule has 2 fully saturated rings. The van der Waals surface area contributed by atoms with Crippen LogP contribution in [0.1, 0.15) is 6.92 Å². The van der Waals surface area contributed by atoms with Crippen LogP contribution in [-0.4, -0.2) is 28.9 Å². The van der Waals surface area contributed by atoms with Crippen molar-refractivity contribution in [1.29, 1.82) is 0 Å². The Morgan fingerprint density at radius 2 is 2.29 bits per heavy atom. The maximum Gasteiger partial charge on any atom is 0.287 e. The van der Waals surface area contributed by atoms with Gasteiger partial charge in [0.25, 0.3) is 5.56 Å². The largest absolute Gasteiger partial charge is 0.379 e. The lowest BCUT2D eigenvalue weighted by Gasteiger charge is -2.11. The first kappa shape index (κ1) is 11.0. The van der Waals surface area contributed by atoms with Gasteiger partial charge in [-0.2, -0.15) is 5.10 Å². The van der Waals surface area contributed by atoms with E-state index in [1.807, 2.05) is 6.92 Å². The SMILES string of the molecule is CCn1ncc(NC2C3CNCC32)c(Cl)c1=O. The van der Waals surface area contributed by atoms with E-state index in [-0.39, 0.29) is 10.6 Å². The van der Waals surface area contributed by atoms with Crippen LogP contribution in [0.4, 0.5) is 5.69 Å². The van der Waals surface area contributed by atoms with Crippen LogP contribution in [0.15, 0.2) is 11.0 Å². The van der Waals surface area contributed by atoms with Gasteiger partial charge in [0.2, 0.25) is 0 Å². The first-order valence-electron chi connectivity index (χ1n) is 5.95. The van der Waals surface area contributed by atoms with Gasteiger partial charge in [0.1, 0.15) is 5.02 Å². The van der Waals surface area contributed by atoms with Gasteiger partial charge in [0.15, 0.2) is 0 Å². The number of aryl methyl sites for hydroxylation is 1. The fraction of sp³-hybridized carbons (Fsp3) is 0.636. The number of fused-ring (bicyclic) bond motifs is 1. The van der Waals surface area contributed by atoms with Crippen molar-refractivity contribution in [1.82, 2.24) is 15.1 Å². The van der Waals surface area contributed by atoms with Gasteiger partial charge in [-0.05, 0) is 18.8 Å². The van der Waals surface area contributed by atoms with Crippen LogP contribution in [-0.2, 0) is 6.54 Å². The normalized spacial score (nSPS) is 30.1. The van der Waals surface area contributed by atoms with E-state index in [0.717, 1.165) is 13.1 Å². The van der Waals surface area contributed by atoms with E-state index in [0.29, 0.717) is 30.1 Å². The lowest BCUT2D eigenvalue weighted by molar-refractivity contribution is 0.615. The van der Waals surface area contributed by atoms with Gasteiger partial charge >= 0.3 is 0 Å². The van der Waals surface area contributed by atoms with Gasteiger partial charge in [-0.1, -0.05) is 11.6 Å². The van der Waals surface area contributed by atoms with E-state index in [9.17, 15) is 4.79 Å². The molecule has 2 aliphatic rings. The van der Waals surface area contributed by atoms with Crippen molar-refractivity contribution in [2.75, 3.05) is 18.4 Å². The second-order valence-corrected chi connectivity index (χ2v) is 5.03. The van der Waals surface area contributed by atoms with Crippen molar-refractivity contribution in [3.05, 3.63) is 21.6 Å². The number of halogens is 1. The Hall–Kier alpha value is -1.07. The van der Waals surface area contributed by atoms with Crippen LogP contribution >= 0.6 is 11.6 Å². The zero-order chi connectivity index (χ0) is 12.0. The molecule has 2 heterocycles. The van der Waals surface area contributed by atoms with E-state index in [1.165, 1.54) is 4.68 Å². The second kappa shape index (κ2) is 3.99. The quantitative estimate of drug-likeness (QED) is 0.827. The molecular weight excluding hydrogens is 240 g/mol. The van der Waals surface area contributed by atoms with Crippen LogP contribution in [0.2, 0.25) is 5.02 Å². The molecule has 5 nitrogen and oxygen atoms in total. The molecule has 92 valence electrons. The minimum absolute atomic E-state index is 0.219. The number of anilines is 1. The lowest BCUT2D eigenvalue weighted by Crippen LogP contribution is -2.26. The molecule has 2 unspecified atom stereocenters. The van der Waals surface area contributed by atoms with Gasteiger partial charge in [-0.25, -0.2) is 4.68 Å². The molecule has 1 aliphatic carbocycles. The molecule has 1 saturated heterocycles. The average molecular weight is 255 g/mol. The lowest BCUT2D eigenvalue weighted by atomic mass is 10.4. The van der Waals surface area contributed by atoms with E-state index in [4.69, 9.17) is 11.6 Å². The summed E-state index contributed by atoms with van der Waals surface area (Å²) in [6.07, 6.45) is 1.65. The number of hydrogen-bond acceptors (Lipinski definition) is 4. The molecule has 0 aromatic carbocycles. The minimum atomic E-state index is -0.219. The number of nitrogens with one attached hydrogen (secondary N) is 2. The molecule has 0 radical (unpaired) electrons. The molecule has 1 aliphatic heterocycles. The molecule has 1 aromatic heterocycles. The molecule has 0 amide bonds. The molecule has 2 atom stereocenters. The van der Waals surface area contributed by atoms with Crippen LogP contribution in [0, 0.1) is 11.8 Å². The Labute approximate surface area is 104 Å². The Morgan fingerprint density at radius 1 is 1.59 bits per heavy atom. The maximum atomic E-state index is 11.8. The molecular formula is C11H15ClN4O. The molecule has 1 saturated carbocycles. The smallest absolute Gasteiger partial charge is 0.287 e. The maximum absolute atomic E-state index is 11.8. The fourth-order valence-electron chi connectivity index (χ4n) is 2.60. The fourth-order valence-corrected chi connectivity index (χ4v) is 2.80. The molecule has 17 heavy (non-hydrogen) atoms. The van der Waals surface area contributed by atoms with E-state index in [1.54, 1.807) is 6.20 Å². The van der Waals surface area contributed by atoms with Crippen LogP contribution in [0.5, 0.6) is 0 Å². The Morgan fingerprint density at radius 3 is 2.94 bits per heavy atom. The Kier molecular flexibility index (Phi) is 2.60. The Balaban J connectivity index is 1.80. The highest BCUT2D eigenvalue weighted by Gasteiger charge is 2.53. The number of nitrogens with zero attached hydrogens (tertiary/aromatic N) is 2. The highest BCUT2D eigenvalue weighted by Crippen LogP contribution is 2.44. The topological polar surface area (TPSA) is 59.0 Å². The third-order valence-electron chi connectivity index (χ3n) is 3.70. The molecule has 0 spiro atoms. The van der Waals surface area contributed by atoms with Gasteiger partial charge in [-0.15, -0.1) is 0 Å². The van der Waals surface area contributed by atoms with Crippen LogP contribution < -0.4 is 16.2 Å². The third-order valence-corrected chi connectivity index (χ3v) is 4.06. The van der Waals surface area contributed by atoms with Crippen LogP contribution in [0.3, 0.4) is 0 Å². The zero-order valence-electron chi connectivity index (χ0n) is 9.61. The second-order valence-electron chi connectivity index (χ2n) is 4.65. The number of hydrogen-bond donors (Lipinski definition) is 2. The van der Waals surface area contributed by atoms with Crippen molar-refractivity contribution < 1.29 is 0 Å². The summed E-state index contributed by atoms with van der Waals surface area (Å²) in [7, 11) is 0. The van der Waals surface area contributed by atoms with Crippen molar-refractivity contribution in [2.24, 2.45) is 11.8 Å². The predicted octanol–water partition coefficient (Wildman–Crippen LogP) is 0.546. The summed E-state index contributed by atoms with van der Waals surface area (Å²) in [5, 5.41) is 11.0.